The second-order valence-electron chi connectivity index (χ2n) is 5.73. The van der Waals surface area contributed by atoms with E-state index in [1.54, 1.807) is 14.2 Å². The summed E-state index contributed by atoms with van der Waals surface area (Å²) in [5.41, 5.74) is 2.16. The summed E-state index contributed by atoms with van der Waals surface area (Å²) < 4.78 is 10.5. The molecule has 0 saturated heterocycles. The number of hydrogen-bond donors (Lipinski definition) is 1. The molecular formula is C20H24ClNO3. The summed E-state index contributed by atoms with van der Waals surface area (Å²) >= 11 is 6.12. The highest BCUT2D eigenvalue weighted by molar-refractivity contribution is 6.31. The van der Waals surface area contributed by atoms with E-state index in [0.717, 1.165) is 29.0 Å². The smallest absolute Gasteiger partial charge is 0.220 e. The highest BCUT2D eigenvalue weighted by Crippen LogP contribution is 2.27. The molecule has 0 fully saturated rings. The van der Waals surface area contributed by atoms with Gasteiger partial charge in [0.25, 0.3) is 0 Å². The predicted molar refractivity (Wildman–Crippen MR) is 101 cm³/mol. The van der Waals surface area contributed by atoms with Gasteiger partial charge in [0, 0.05) is 18.0 Å². The fourth-order valence-corrected chi connectivity index (χ4v) is 2.82. The highest BCUT2D eigenvalue weighted by Gasteiger charge is 2.07. The van der Waals surface area contributed by atoms with Crippen LogP contribution in [0.2, 0.25) is 5.02 Å². The SMILES string of the molecule is COc1ccc(CCC(=O)NCCCc2ccccc2Cl)cc1OC. The van der Waals surface area contributed by atoms with Crippen molar-refractivity contribution in [2.45, 2.75) is 25.7 Å². The molecule has 5 heteroatoms. The van der Waals surface area contributed by atoms with Crippen molar-refractivity contribution in [1.82, 2.24) is 5.32 Å². The minimum absolute atomic E-state index is 0.0499. The van der Waals surface area contributed by atoms with Crippen LogP contribution < -0.4 is 14.8 Å². The second-order valence-corrected chi connectivity index (χ2v) is 6.14. The van der Waals surface area contributed by atoms with Gasteiger partial charge in [-0.3, -0.25) is 4.79 Å². The van der Waals surface area contributed by atoms with E-state index in [9.17, 15) is 4.79 Å². The monoisotopic (exact) mass is 361 g/mol. The number of benzene rings is 2. The minimum atomic E-state index is 0.0499. The van der Waals surface area contributed by atoms with Gasteiger partial charge in [0.1, 0.15) is 0 Å². The van der Waals surface area contributed by atoms with Crippen molar-refractivity contribution in [2.75, 3.05) is 20.8 Å². The number of methoxy groups -OCH3 is 2. The van der Waals surface area contributed by atoms with Gasteiger partial charge in [0.05, 0.1) is 14.2 Å². The largest absolute Gasteiger partial charge is 0.493 e. The third-order valence-electron chi connectivity index (χ3n) is 3.99. The van der Waals surface area contributed by atoms with Crippen molar-refractivity contribution in [2.24, 2.45) is 0 Å². The number of aryl methyl sites for hydroxylation is 2. The van der Waals surface area contributed by atoms with Crippen LogP contribution in [0.15, 0.2) is 42.5 Å². The number of carbonyl (C=O) groups is 1. The first-order valence-corrected chi connectivity index (χ1v) is 8.73. The van der Waals surface area contributed by atoms with Crippen LogP contribution in [-0.2, 0) is 17.6 Å². The molecule has 134 valence electrons. The van der Waals surface area contributed by atoms with Crippen LogP contribution >= 0.6 is 11.6 Å². The second kappa shape index (κ2) is 9.94. The average Bonchev–Trinajstić information content (AvgIpc) is 2.64. The van der Waals surface area contributed by atoms with Gasteiger partial charge in [-0.15, -0.1) is 0 Å². The molecule has 0 aromatic heterocycles. The Labute approximate surface area is 154 Å². The fraction of sp³-hybridized carbons (Fsp3) is 0.350. The van der Waals surface area contributed by atoms with E-state index in [2.05, 4.69) is 5.32 Å². The van der Waals surface area contributed by atoms with Crippen LogP contribution in [0.25, 0.3) is 0 Å². The van der Waals surface area contributed by atoms with Gasteiger partial charge in [-0.05, 0) is 48.6 Å². The fourth-order valence-electron chi connectivity index (χ4n) is 2.59. The highest BCUT2D eigenvalue weighted by atomic mass is 35.5. The van der Waals surface area contributed by atoms with E-state index in [1.807, 2.05) is 42.5 Å². The summed E-state index contributed by atoms with van der Waals surface area (Å²) in [6, 6.07) is 13.5. The number of carbonyl (C=O) groups excluding carboxylic acids is 1. The van der Waals surface area contributed by atoms with Gasteiger partial charge in [0.15, 0.2) is 11.5 Å². The van der Waals surface area contributed by atoms with Crippen LogP contribution in [0.5, 0.6) is 11.5 Å². The van der Waals surface area contributed by atoms with Crippen molar-refractivity contribution in [1.29, 1.82) is 0 Å². The lowest BCUT2D eigenvalue weighted by Crippen LogP contribution is -2.25. The molecule has 2 aromatic rings. The van der Waals surface area contributed by atoms with E-state index < -0.39 is 0 Å². The van der Waals surface area contributed by atoms with Crippen LogP contribution in [0.3, 0.4) is 0 Å². The maximum absolute atomic E-state index is 12.0. The Morgan fingerprint density at radius 2 is 1.80 bits per heavy atom. The van der Waals surface area contributed by atoms with Crippen LogP contribution in [0.1, 0.15) is 24.0 Å². The molecule has 0 aliphatic carbocycles. The van der Waals surface area contributed by atoms with Crippen molar-refractivity contribution in [3.05, 3.63) is 58.6 Å². The van der Waals surface area contributed by atoms with Crippen LogP contribution in [-0.4, -0.2) is 26.7 Å². The number of hydrogen-bond acceptors (Lipinski definition) is 3. The maximum Gasteiger partial charge on any atom is 0.220 e. The van der Waals surface area contributed by atoms with Crippen molar-refractivity contribution >= 4 is 17.5 Å². The van der Waals surface area contributed by atoms with Crippen molar-refractivity contribution in [3.8, 4) is 11.5 Å². The van der Waals surface area contributed by atoms with Crippen LogP contribution in [0, 0.1) is 0 Å². The molecule has 0 heterocycles. The van der Waals surface area contributed by atoms with Crippen molar-refractivity contribution < 1.29 is 14.3 Å². The summed E-state index contributed by atoms with van der Waals surface area (Å²) in [5.74, 6) is 1.42. The van der Waals surface area contributed by atoms with E-state index >= 15 is 0 Å². The summed E-state index contributed by atoms with van der Waals surface area (Å²) in [6.45, 7) is 0.649. The first-order valence-electron chi connectivity index (χ1n) is 8.35. The molecule has 0 unspecified atom stereocenters. The number of nitrogens with one attached hydrogen (secondary N) is 1. The first-order chi connectivity index (χ1) is 12.1. The maximum atomic E-state index is 12.0. The zero-order chi connectivity index (χ0) is 18.1. The van der Waals surface area contributed by atoms with Gasteiger partial charge in [-0.1, -0.05) is 35.9 Å². The Balaban J connectivity index is 1.71. The molecule has 0 spiro atoms. The van der Waals surface area contributed by atoms with Gasteiger partial charge in [-0.2, -0.15) is 0 Å². The zero-order valence-electron chi connectivity index (χ0n) is 14.7. The minimum Gasteiger partial charge on any atom is -0.493 e. The van der Waals surface area contributed by atoms with Gasteiger partial charge >= 0.3 is 0 Å². The molecule has 0 atom stereocenters. The lowest BCUT2D eigenvalue weighted by atomic mass is 10.1. The summed E-state index contributed by atoms with van der Waals surface area (Å²) in [7, 11) is 3.21. The number of amides is 1. The Morgan fingerprint density at radius 3 is 2.52 bits per heavy atom. The van der Waals surface area contributed by atoms with E-state index in [4.69, 9.17) is 21.1 Å². The molecule has 0 aliphatic heterocycles. The Hall–Kier alpha value is -2.20. The lowest BCUT2D eigenvalue weighted by Gasteiger charge is -2.10. The molecular weight excluding hydrogens is 338 g/mol. The van der Waals surface area contributed by atoms with Gasteiger partial charge in [0.2, 0.25) is 5.91 Å². The third-order valence-corrected chi connectivity index (χ3v) is 4.36. The number of rotatable bonds is 9. The molecule has 0 radical (unpaired) electrons. The van der Waals surface area contributed by atoms with E-state index in [1.165, 1.54) is 0 Å². The van der Waals surface area contributed by atoms with Crippen LogP contribution in [0.4, 0.5) is 0 Å². The molecule has 1 N–H and O–H groups in total. The number of halogens is 1. The Bertz CT molecular complexity index is 703. The molecule has 0 aliphatic rings. The molecule has 1 amide bonds. The molecule has 4 nitrogen and oxygen atoms in total. The first kappa shape index (κ1) is 19.1. The summed E-state index contributed by atoms with van der Waals surface area (Å²) in [5, 5.41) is 3.74. The zero-order valence-corrected chi connectivity index (χ0v) is 15.4. The summed E-state index contributed by atoms with van der Waals surface area (Å²) in [4.78, 5) is 12.0. The average molecular weight is 362 g/mol. The lowest BCUT2D eigenvalue weighted by molar-refractivity contribution is -0.121. The predicted octanol–water partition coefficient (Wildman–Crippen LogP) is 4.04. The quantitative estimate of drug-likeness (QED) is 0.686. The molecule has 2 aromatic carbocycles. The van der Waals surface area contributed by atoms with Crippen molar-refractivity contribution in [3.63, 3.8) is 0 Å². The topological polar surface area (TPSA) is 47.6 Å². The molecule has 0 saturated carbocycles. The van der Waals surface area contributed by atoms with E-state index in [0.29, 0.717) is 30.9 Å². The van der Waals surface area contributed by atoms with Gasteiger partial charge in [-0.25, -0.2) is 0 Å². The normalized spacial score (nSPS) is 10.4. The standard InChI is InChI=1S/C20H24ClNO3/c1-24-18-11-9-15(14-19(18)25-2)10-12-20(23)22-13-5-7-16-6-3-4-8-17(16)21/h3-4,6,8-9,11,14H,5,7,10,12-13H2,1-2H3,(H,22,23). The summed E-state index contributed by atoms with van der Waals surface area (Å²) in [6.07, 6.45) is 2.83. The Kier molecular flexibility index (Phi) is 7.61. The number of ether oxygens (including phenoxy) is 2. The molecule has 0 bridgehead atoms. The van der Waals surface area contributed by atoms with E-state index in [-0.39, 0.29) is 5.91 Å². The van der Waals surface area contributed by atoms with Gasteiger partial charge < -0.3 is 14.8 Å². The Morgan fingerprint density at radius 1 is 1.04 bits per heavy atom. The third kappa shape index (κ3) is 5.98. The molecule has 25 heavy (non-hydrogen) atoms. The molecule has 2 rings (SSSR count).